The van der Waals surface area contributed by atoms with Crippen molar-refractivity contribution in [2.75, 3.05) is 6.61 Å². The van der Waals surface area contributed by atoms with E-state index < -0.39 is 0 Å². The molecular formula is C15H15NO2. The van der Waals surface area contributed by atoms with Crippen LogP contribution in [0, 0.1) is 0 Å². The SMILES string of the molecule is CCOC(=O)c1[nH]cc2c1-c1ccccc1CC2. The number of fused-ring (bicyclic) bond motifs is 3. The largest absolute Gasteiger partial charge is 0.461 e. The average Bonchev–Trinajstić information content (AvgIpc) is 2.83. The quantitative estimate of drug-likeness (QED) is 0.821. The number of H-pyrrole nitrogens is 1. The lowest BCUT2D eigenvalue weighted by atomic mass is 9.87. The first kappa shape index (κ1) is 11.1. The van der Waals surface area contributed by atoms with E-state index in [1.807, 2.05) is 25.3 Å². The highest BCUT2D eigenvalue weighted by atomic mass is 16.5. The minimum atomic E-state index is -0.268. The summed E-state index contributed by atoms with van der Waals surface area (Å²) in [5.74, 6) is -0.268. The zero-order chi connectivity index (χ0) is 12.5. The zero-order valence-electron chi connectivity index (χ0n) is 10.3. The molecule has 1 heterocycles. The Morgan fingerprint density at radius 3 is 2.89 bits per heavy atom. The Morgan fingerprint density at radius 1 is 1.28 bits per heavy atom. The molecule has 0 atom stereocenters. The second kappa shape index (κ2) is 4.33. The predicted octanol–water partition coefficient (Wildman–Crippen LogP) is 2.96. The number of hydrogen-bond acceptors (Lipinski definition) is 2. The minimum Gasteiger partial charge on any atom is -0.461 e. The Bertz CT molecular complexity index is 598. The maximum Gasteiger partial charge on any atom is 0.355 e. The molecular weight excluding hydrogens is 226 g/mol. The van der Waals surface area contributed by atoms with Crippen LogP contribution in [0.1, 0.15) is 28.5 Å². The Kier molecular flexibility index (Phi) is 2.67. The third-order valence-corrected chi connectivity index (χ3v) is 3.39. The summed E-state index contributed by atoms with van der Waals surface area (Å²) < 4.78 is 5.10. The number of aryl methyl sites for hydroxylation is 2. The third-order valence-electron chi connectivity index (χ3n) is 3.39. The Hall–Kier alpha value is -2.03. The molecule has 0 aliphatic heterocycles. The van der Waals surface area contributed by atoms with Gasteiger partial charge in [-0.25, -0.2) is 4.79 Å². The zero-order valence-corrected chi connectivity index (χ0v) is 10.3. The van der Waals surface area contributed by atoms with Crippen LogP contribution in [0.4, 0.5) is 0 Å². The van der Waals surface area contributed by atoms with Crippen LogP contribution in [-0.4, -0.2) is 17.6 Å². The molecule has 3 rings (SSSR count). The first-order valence-electron chi connectivity index (χ1n) is 6.27. The van der Waals surface area contributed by atoms with E-state index in [4.69, 9.17) is 4.74 Å². The summed E-state index contributed by atoms with van der Waals surface area (Å²) in [5.41, 5.74) is 5.27. The highest BCUT2D eigenvalue weighted by Gasteiger charge is 2.24. The van der Waals surface area contributed by atoms with Gasteiger partial charge in [0.05, 0.1) is 6.61 Å². The van der Waals surface area contributed by atoms with Crippen LogP contribution in [0.5, 0.6) is 0 Å². The molecule has 1 aromatic heterocycles. The second-order valence-corrected chi connectivity index (χ2v) is 4.44. The van der Waals surface area contributed by atoms with E-state index in [1.165, 1.54) is 11.1 Å². The fourth-order valence-corrected chi connectivity index (χ4v) is 2.58. The predicted molar refractivity (Wildman–Crippen MR) is 69.6 cm³/mol. The third kappa shape index (κ3) is 1.63. The lowest BCUT2D eigenvalue weighted by Crippen LogP contribution is -2.09. The molecule has 1 aromatic carbocycles. The summed E-state index contributed by atoms with van der Waals surface area (Å²) in [6.45, 7) is 2.22. The molecule has 0 amide bonds. The van der Waals surface area contributed by atoms with Crippen LogP contribution < -0.4 is 0 Å². The molecule has 3 nitrogen and oxygen atoms in total. The van der Waals surface area contributed by atoms with Gasteiger partial charge in [-0.1, -0.05) is 24.3 Å². The van der Waals surface area contributed by atoms with Crippen molar-refractivity contribution in [3.63, 3.8) is 0 Å². The van der Waals surface area contributed by atoms with Crippen molar-refractivity contribution >= 4 is 5.97 Å². The van der Waals surface area contributed by atoms with Gasteiger partial charge in [0, 0.05) is 11.8 Å². The van der Waals surface area contributed by atoms with E-state index in [0.29, 0.717) is 12.3 Å². The molecule has 3 heteroatoms. The van der Waals surface area contributed by atoms with Gasteiger partial charge in [0.25, 0.3) is 0 Å². The van der Waals surface area contributed by atoms with Crippen LogP contribution in [0.25, 0.3) is 11.1 Å². The molecule has 1 N–H and O–H groups in total. The smallest absolute Gasteiger partial charge is 0.355 e. The Labute approximate surface area is 106 Å². The van der Waals surface area contributed by atoms with E-state index in [-0.39, 0.29) is 5.97 Å². The van der Waals surface area contributed by atoms with Gasteiger partial charge < -0.3 is 9.72 Å². The number of nitrogens with one attached hydrogen (secondary N) is 1. The van der Waals surface area contributed by atoms with Gasteiger partial charge in [0.1, 0.15) is 5.69 Å². The summed E-state index contributed by atoms with van der Waals surface area (Å²) in [5, 5.41) is 0. The van der Waals surface area contributed by atoms with Crippen molar-refractivity contribution < 1.29 is 9.53 Å². The molecule has 1 aliphatic rings. The van der Waals surface area contributed by atoms with Crippen molar-refractivity contribution in [3.05, 3.63) is 47.3 Å². The van der Waals surface area contributed by atoms with E-state index in [0.717, 1.165) is 24.0 Å². The van der Waals surface area contributed by atoms with Gasteiger partial charge in [0.2, 0.25) is 0 Å². The van der Waals surface area contributed by atoms with Crippen molar-refractivity contribution in [2.24, 2.45) is 0 Å². The summed E-state index contributed by atoms with van der Waals surface area (Å²) in [4.78, 5) is 15.0. The molecule has 0 saturated carbocycles. The lowest BCUT2D eigenvalue weighted by molar-refractivity contribution is 0.0521. The molecule has 2 aromatic rings. The van der Waals surface area contributed by atoms with Gasteiger partial charge in [-0.2, -0.15) is 0 Å². The Morgan fingerprint density at radius 2 is 2.06 bits per heavy atom. The number of ether oxygens (including phenoxy) is 1. The molecule has 18 heavy (non-hydrogen) atoms. The Balaban J connectivity index is 2.13. The van der Waals surface area contributed by atoms with Crippen molar-refractivity contribution in [1.82, 2.24) is 4.98 Å². The van der Waals surface area contributed by atoms with E-state index in [2.05, 4.69) is 17.1 Å². The van der Waals surface area contributed by atoms with E-state index in [9.17, 15) is 4.79 Å². The van der Waals surface area contributed by atoms with E-state index >= 15 is 0 Å². The number of aromatic nitrogens is 1. The topological polar surface area (TPSA) is 42.1 Å². The molecule has 0 saturated heterocycles. The average molecular weight is 241 g/mol. The van der Waals surface area contributed by atoms with Crippen molar-refractivity contribution in [3.8, 4) is 11.1 Å². The van der Waals surface area contributed by atoms with E-state index in [1.54, 1.807) is 0 Å². The van der Waals surface area contributed by atoms with Gasteiger partial charge in [-0.3, -0.25) is 0 Å². The molecule has 0 spiro atoms. The summed E-state index contributed by atoms with van der Waals surface area (Å²) >= 11 is 0. The summed E-state index contributed by atoms with van der Waals surface area (Å²) in [6.07, 6.45) is 3.93. The number of hydrogen-bond donors (Lipinski definition) is 1. The fourth-order valence-electron chi connectivity index (χ4n) is 2.58. The first-order valence-corrected chi connectivity index (χ1v) is 6.27. The highest BCUT2D eigenvalue weighted by Crippen LogP contribution is 2.36. The van der Waals surface area contributed by atoms with Gasteiger partial charge in [0.15, 0.2) is 0 Å². The van der Waals surface area contributed by atoms with Gasteiger partial charge >= 0.3 is 5.97 Å². The van der Waals surface area contributed by atoms with Crippen LogP contribution in [0.3, 0.4) is 0 Å². The molecule has 1 aliphatic carbocycles. The van der Waals surface area contributed by atoms with Crippen molar-refractivity contribution in [2.45, 2.75) is 19.8 Å². The van der Waals surface area contributed by atoms with Gasteiger partial charge in [-0.15, -0.1) is 0 Å². The van der Waals surface area contributed by atoms with Crippen LogP contribution in [0.15, 0.2) is 30.5 Å². The standard InChI is InChI=1S/C15H15NO2/c1-2-18-15(17)14-13-11(9-16-14)8-7-10-5-3-4-6-12(10)13/h3-6,9,16H,2,7-8H2,1H3. The number of aromatic amines is 1. The van der Waals surface area contributed by atoms with Gasteiger partial charge in [-0.05, 0) is 36.5 Å². The minimum absolute atomic E-state index is 0.268. The summed E-state index contributed by atoms with van der Waals surface area (Å²) in [6, 6.07) is 8.25. The maximum absolute atomic E-state index is 11.9. The number of benzene rings is 1. The first-order chi connectivity index (χ1) is 8.81. The number of rotatable bonds is 2. The molecule has 0 unspecified atom stereocenters. The molecule has 92 valence electrons. The normalized spacial score (nSPS) is 12.7. The van der Waals surface area contributed by atoms with Crippen LogP contribution in [0.2, 0.25) is 0 Å². The van der Waals surface area contributed by atoms with Crippen LogP contribution >= 0.6 is 0 Å². The van der Waals surface area contributed by atoms with Crippen LogP contribution in [-0.2, 0) is 17.6 Å². The number of carbonyl (C=O) groups excluding carboxylic acids is 1. The monoisotopic (exact) mass is 241 g/mol. The number of carbonyl (C=O) groups is 1. The molecule has 0 radical (unpaired) electrons. The number of esters is 1. The lowest BCUT2D eigenvalue weighted by Gasteiger charge is -2.17. The molecule has 0 fully saturated rings. The fraction of sp³-hybridized carbons (Fsp3) is 0.267. The molecule has 0 bridgehead atoms. The maximum atomic E-state index is 11.9. The van der Waals surface area contributed by atoms with Crippen molar-refractivity contribution in [1.29, 1.82) is 0 Å². The second-order valence-electron chi connectivity index (χ2n) is 4.44. The summed E-state index contributed by atoms with van der Waals surface area (Å²) in [7, 11) is 0. The highest BCUT2D eigenvalue weighted by molar-refractivity contribution is 5.97.